The highest BCUT2D eigenvalue weighted by Crippen LogP contribution is 2.28. The number of anilines is 2. The van der Waals surface area contributed by atoms with Gasteiger partial charge in [0.25, 0.3) is 0 Å². The molecule has 0 aliphatic heterocycles. The molecule has 1 atom stereocenters. The van der Waals surface area contributed by atoms with Gasteiger partial charge in [-0.1, -0.05) is 26.0 Å². The van der Waals surface area contributed by atoms with Crippen molar-refractivity contribution in [1.29, 1.82) is 0 Å². The highest BCUT2D eigenvalue weighted by molar-refractivity contribution is 7.99. The smallest absolute Gasteiger partial charge is 0.248 e. The van der Waals surface area contributed by atoms with Gasteiger partial charge in [0.1, 0.15) is 11.9 Å². The van der Waals surface area contributed by atoms with Crippen LogP contribution in [-0.2, 0) is 14.8 Å². The first kappa shape index (κ1) is 21.2. The Morgan fingerprint density at radius 3 is 2.33 bits per heavy atom. The summed E-state index contributed by atoms with van der Waals surface area (Å²) in [4.78, 5) is 13.8. The molecular weight excluding hydrogens is 387 g/mol. The minimum atomic E-state index is -3.75. The second-order valence-corrected chi connectivity index (χ2v) is 9.04. The molecule has 0 heterocycles. The fourth-order valence-corrected chi connectivity index (χ4v) is 4.69. The molecule has 0 fully saturated rings. The lowest BCUT2D eigenvalue weighted by molar-refractivity contribution is -0.117. The molecule has 5 nitrogen and oxygen atoms in total. The van der Waals surface area contributed by atoms with Crippen LogP contribution < -0.4 is 9.62 Å². The van der Waals surface area contributed by atoms with E-state index in [1.54, 1.807) is 24.8 Å². The summed E-state index contributed by atoms with van der Waals surface area (Å²) in [6.45, 7) is 3.75. The Kier molecular flexibility index (Phi) is 7.26. The molecule has 146 valence electrons. The summed E-state index contributed by atoms with van der Waals surface area (Å²) in [7, 11) is -3.75. The number of para-hydroxylation sites is 1. The van der Waals surface area contributed by atoms with Crippen molar-refractivity contribution >= 4 is 39.1 Å². The number of carbonyl (C=O) groups excluding carboxylic acids is 1. The Labute approximate surface area is 164 Å². The summed E-state index contributed by atoms with van der Waals surface area (Å²) >= 11 is 1.59. The minimum Gasteiger partial charge on any atom is -0.323 e. The Balaban J connectivity index is 2.37. The third-order valence-electron chi connectivity index (χ3n) is 3.86. The number of sulfonamides is 1. The molecule has 27 heavy (non-hydrogen) atoms. The molecule has 0 bridgehead atoms. The van der Waals surface area contributed by atoms with Crippen LogP contribution in [0.3, 0.4) is 0 Å². The van der Waals surface area contributed by atoms with Gasteiger partial charge in [-0.05, 0) is 48.6 Å². The molecule has 1 unspecified atom stereocenters. The van der Waals surface area contributed by atoms with E-state index in [0.29, 0.717) is 5.69 Å². The van der Waals surface area contributed by atoms with Gasteiger partial charge in [-0.3, -0.25) is 9.10 Å². The highest BCUT2D eigenvalue weighted by Gasteiger charge is 2.31. The van der Waals surface area contributed by atoms with Gasteiger partial charge in [-0.25, -0.2) is 12.8 Å². The summed E-state index contributed by atoms with van der Waals surface area (Å²) < 4.78 is 39.1. The standard InChI is InChI=1S/C19H23FN2O3S2/c1-4-17(19(23)21-16-8-6-7-9-18(16)26-5-2)22(27(3,24)25)15-12-10-14(20)11-13-15/h6-13,17H,4-5H2,1-3H3,(H,21,23). The van der Waals surface area contributed by atoms with Gasteiger partial charge in [0, 0.05) is 4.90 Å². The molecule has 0 aromatic heterocycles. The summed E-state index contributed by atoms with van der Waals surface area (Å²) in [6.07, 6.45) is 1.30. The summed E-state index contributed by atoms with van der Waals surface area (Å²) in [6, 6.07) is 11.5. The molecule has 1 amide bonds. The number of nitrogens with zero attached hydrogens (tertiary/aromatic N) is 1. The molecule has 1 N–H and O–H groups in total. The van der Waals surface area contributed by atoms with Crippen molar-refractivity contribution < 1.29 is 17.6 Å². The lowest BCUT2D eigenvalue weighted by Crippen LogP contribution is -2.47. The topological polar surface area (TPSA) is 66.5 Å². The SMILES string of the molecule is CCSc1ccccc1NC(=O)C(CC)N(c1ccc(F)cc1)S(C)(=O)=O. The normalized spacial score (nSPS) is 12.4. The van der Waals surface area contributed by atoms with Gasteiger partial charge in [0.15, 0.2) is 0 Å². The van der Waals surface area contributed by atoms with Crippen molar-refractivity contribution in [2.45, 2.75) is 31.2 Å². The zero-order valence-electron chi connectivity index (χ0n) is 15.5. The Hall–Kier alpha value is -2.06. The molecule has 2 aromatic rings. The minimum absolute atomic E-state index is 0.247. The van der Waals surface area contributed by atoms with Gasteiger partial charge in [-0.15, -0.1) is 11.8 Å². The number of hydrogen-bond donors (Lipinski definition) is 1. The molecule has 0 aliphatic carbocycles. The Morgan fingerprint density at radius 2 is 1.78 bits per heavy atom. The second-order valence-electron chi connectivity index (χ2n) is 5.88. The van der Waals surface area contributed by atoms with Crippen molar-refractivity contribution in [2.24, 2.45) is 0 Å². The predicted molar refractivity (Wildman–Crippen MR) is 109 cm³/mol. The fourth-order valence-electron chi connectivity index (χ4n) is 2.72. The van der Waals surface area contributed by atoms with Crippen LogP contribution in [0.25, 0.3) is 0 Å². The molecule has 8 heteroatoms. The number of rotatable bonds is 8. The molecule has 2 aromatic carbocycles. The molecule has 2 rings (SSSR count). The molecule has 0 spiro atoms. The predicted octanol–water partition coefficient (Wildman–Crippen LogP) is 4.12. The van der Waals surface area contributed by atoms with E-state index in [2.05, 4.69) is 5.32 Å². The van der Waals surface area contributed by atoms with Crippen molar-refractivity contribution in [1.82, 2.24) is 0 Å². The van der Waals surface area contributed by atoms with Crippen LogP contribution in [0.2, 0.25) is 0 Å². The zero-order valence-corrected chi connectivity index (χ0v) is 17.1. The van der Waals surface area contributed by atoms with Crippen molar-refractivity contribution in [2.75, 3.05) is 21.6 Å². The maximum absolute atomic E-state index is 13.2. The van der Waals surface area contributed by atoms with Crippen molar-refractivity contribution in [3.8, 4) is 0 Å². The maximum Gasteiger partial charge on any atom is 0.248 e. The van der Waals surface area contributed by atoms with E-state index >= 15 is 0 Å². The highest BCUT2D eigenvalue weighted by atomic mass is 32.2. The van der Waals surface area contributed by atoms with Crippen molar-refractivity contribution in [3.05, 3.63) is 54.3 Å². The Morgan fingerprint density at radius 1 is 1.15 bits per heavy atom. The average Bonchev–Trinajstić information content (AvgIpc) is 2.61. The van der Waals surface area contributed by atoms with E-state index in [1.807, 2.05) is 25.1 Å². The van der Waals surface area contributed by atoms with Crippen molar-refractivity contribution in [3.63, 3.8) is 0 Å². The van der Waals surface area contributed by atoms with Crippen LogP contribution in [0.15, 0.2) is 53.4 Å². The number of benzene rings is 2. The quantitative estimate of drug-likeness (QED) is 0.665. The average molecular weight is 411 g/mol. The maximum atomic E-state index is 13.2. The van der Waals surface area contributed by atoms with Gasteiger partial charge >= 0.3 is 0 Å². The first-order chi connectivity index (χ1) is 12.8. The number of carbonyl (C=O) groups is 1. The van der Waals surface area contributed by atoms with E-state index in [4.69, 9.17) is 0 Å². The third-order valence-corrected chi connectivity index (χ3v) is 5.99. The zero-order chi connectivity index (χ0) is 20.0. The van der Waals surface area contributed by atoms with Crippen LogP contribution >= 0.6 is 11.8 Å². The number of amides is 1. The monoisotopic (exact) mass is 410 g/mol. The summed E-state index contributed by atoms with van der Waals surface area (Å²) in [5.41, 5.74) is 0.887. The third kappa shape index (κ3) is 5.46. The van der Waals surface area contributed by atoms with Crippen LogP contribution in [0.5, 0.6) is 0 Å². The van der Waals surface area contributed by atoms with E-state index in [1.165, 1.54) is 24.3 Å². The number of thioether (sulfide) groups is 1. The Bertz CT molecular complexity index is 886. The van der Waals surface area contributed by atoms with Gasteiger partial charge in [0.2, 0.25) is 15.9 Å². The largest absolute Gasteiger partial charge is 0.323 e. The van der Waals surface area contributed by atoms with Crippen LogP contribution in [0.4, 0.5) is 15.8 Å². The molecular formula is C19H23FN2O3S2. The molecule has 0 saturated heterocycles. The lowest BCUT2D eigenvalue weighted by Gasteiger charge is -2.30. The van der Waals surface area contributed by atoms with Gasteiger partial charge < -0.3 is 5.32 Å². The van der Waals surface area contributed by atoms with E-state index in [0.717, 1.165) is 21.2 Å². The fraction of sp³-hybridized carbons (Fsp3) is 0.316. The first-order valence-corrected chi connectivity index (χ1v) is 11.4. The summed E-state index contributed by atoms with van der Waals surface area (Å²) in [5.74, 6) is -0.0681. The van der Waals surface area contributed by atoms with E-state index in [9.17, 15) is 17.6 Å². The molecule has 0 aliphatic rings. The first-order valence-electron chi connectivity index (χ1n) is 8.55. The summed E-state index contributed by atoms with van der Waals surface area (Å²) in [5, 5.41) is 2.84. The molecule has 0 radical (unpaired) electrons. The lowest BCUT2D eigenvalue weighted by atomic mass is 10.1. The van der Waals surface area contributed by atoms with E-state index in [-0.39, 0.29) is 12.1 Å². The molecule has 0 saturated carbocycles. The van der Waals surface area contributed by atoms with E-state index < -0.39 is 27.8 Å². The van der Waals surface area contributed by atoms with Gasteiger partial charge in [0.05, 0.1) is 17.6 Å². The number of halogens is 1. The van der Waals surface area contributed by atoms with Gasteiger partial charge in [-0.2, -0.15) is 0 Å². The number of nitrogens with one attached hydrogen (secondary N) is 1. The number of hydrogen-bond acceptors (Lipinski definition) is 4. The van der Waals surface area contributed by atoms with Crippen LogP contribution in [0, 0.1) is 5.82 Å². The van der Waals surface area contributed by atoms with Crippen LogP contribution in [-0.4, -0.2) is 32.4 Å². The second kappa shape index (κ2) is 9.23. The van der Waals surface area contributed by atoms with Crippen LogP contribution in [0.1, 0.15) is 20.3 Å².